The van der Waals surface area contributed by atoms with Crippen molar-refractivity contribution in [2.24, 2.45) is 7.05 Å². The summed E-state index contributed by atoms with van der Waals surface area (Å²) in [4.78, 5) is 0. The van der Waals surface area contributed by atoms with E-state index in [2.05, 4.69) is 33.9 Å². The third-order valence-corrected chi connectivity index (χ3v) is 6.15. The van der Waals surface area contributed by atoms with Crippen molar-refractivity contribution in [2.75, 3.05) is 23.8 Å². The van der Waals surface area contributed by atoms with Crippen LogP contribution in [0.5, 0.6) is 0 Å². The predicted molar refractivity (Wildman–Crippen MR) is 78.2 cm³/mol. The van der Waals surface area contributed by atoms with Crippen LogP contribution in [0.3, 0.4) is 0 Å². The van der Waals surface area contributed by atoms with Gasteiger partial charge in [-0.1, -0.05) is 11.6 Å². The molecule has 1 aliphatic heterocycles. The van der Waals surface area contributed by atoms with Crippen LogP contribution in [0.4, 0.5) is 0 Å². The molecule has 1 fully saturated rings. The van der Waals surface area contributed by atoms with Gasteiger partial charge in [0.2, 0.25) is 0 Å². The Balaban J connectivity index is 1.81. The van der Waals surface area contributed by atoms with E-state index in [-0.39, 0.29) is 0 Å². The monoisotopic (exact) mass is 291 g/mol. The molecule has 1 saturated heterocycles. The van der Waals surface area contributed by atoms with E-state index < -0.39 is 0 Å². The van der Waals surface area contributed by atoms with E-state index in [0.717, 1.165) is 34.7 Å². The quantitative estimate of drug-likeness (QED) is 0.922. The molecule has 96 valence electrons. The lowest BCUT2D eigenvalue weighted by atomic mass is 10.2. The van der Waals surface area contributed by atoms with Crippen molar-refractivity contribution < 1.29 is 0 Å². The summed E-state index contributed by atoms with van der Waals surface area (Å²) in [7, 11) is 1.88. The van der Waals surface area contributed by atoms with Gasteiger partial charge in [-0.15, -0.1) is 0 Å². The van der Waals surface area contributed by atoms with Crippen LogP contribution < -0.4 is 5.32 Å². The highest BCUT2D eigenvalue weighted by Gasteiger charge is 2.15. The summed E-state index contributed by atoms with van der Waals surface area (Å²) in [6.45, 7) is 3.89. The van der Waals surface area contributed by atoms with Crippen molar-refractivity contribution >= 4 is 35.1 Å². The second-order valence-electron chi connectivity index (χ2n) is 4.18. The lowest BCUT2D eigenvalue weighted by Crippen LogP contribution is -2.28. The Labute approximate surface area is 116 Å². The van der Waals surface area contributed by atoms with Gasteiger partial charge in [0.25, 0.3) is 0 Å². The van der Waals surface area contributed by atoms with Gasteiger partial charge in [-0.3, -0.25) is 4.68 Å². The maximum atomic E-state index is 6.19. The van der Waals surface area contributed by atoms with Crippen molar-refractivity contribution in [3.05, 3.63) is 16.4 Å². The lowest BCUT2D eigenvalue weighted by molar-refractivity contribution is 0.683. The molecule has 1 aromatic rings. The number of aromatic nitrogens is 2. The van der Waals surface area contributed by atoms with Crippen molar-refractivity contribution in [2.45, 2.75) is 18.7 Å². The fraction of sp³-hybridized carbons (Fsp3) is 0.727. The van der Waals surface area contributed by atoms with Crippen LogP contribution in [0, 0.1) is 6.92 Å². The Hall–Kier alpha value is 0.160. The Bertz CT molecular complexity index is 375. The molecule has 3 nitrogen and oxygen atoms in total. The molecule has 1 atom stereocenters. The number of aryl methyl sites for hydroxylation is 2. The Morgan fingerprint density at radius 2 is 2.35 bits per heavy atom. The van der Waals surface area contributed by atoms with Gasteiger partial charge < -0.3 is 5.32 Å². The van der Waals surface area contributed by atoms with Crippen molar-refractivity contribution in [3.63, 3.8) is 0 Å². The van der Waals surface area contributed by atoms with Gasteiger partial charge in [-0.2, -0.15) is 28.6 Å². The fourth-order valence-electron chi connectivity index (χ4n) is 1.89. The van der Waals surface area contributed by atoms with Gasteiger partial charge in [0.15, 0.2) is 0 Å². The average Bonchev–Trinajstić information content (AvgIpc) is 2.57. The SMILES string of the molecule is Cc1nn(C)c(Cl)c1CNCC1CSCCS1. The molecule has 6 heteroatoms. The Morgan fingerprint density at radius 1 is 1.53 bits per heavy atom. The maximum Gasteiger partial charge on any atom is 0.131 e. The smallest absolute Gasteiger partial charge is 0.131 e. The van der Waals surface area contributed by atoms with Gasteiger partial charge in [0.05, 0.1) is 5.69 Å². The molecular weight excluding hydrogens is 274 g/mol. The van der Waals surface area contributed by atoms with Crippen LogP contribution >= 0.6 is 35.1 Å². The van der Waals surface area contributed by atoms with E-state index in [4.69, 9.17) is 11.6 Å². The molecule has 0 aromatic carbocycles. The van der Waals surface area contributed by atoms with E-state index in [1.165, 1.54) is 17.3 Å². The van der Waals surface area contributed by atoms with Crippen LogP contribution in [-0.2, 0) is 13.6 Å². The van der Waals surface area contributed by atoms with Gasteiger partial charge in [-0.05, 0) is 6.92 Å². The standard InChI is InChI=1S/C11H18ClN3S2/c1-8-10(11(12)15(2)14-8)6-13-5-9-7-16-3-4-17-9/h9,13H,3-7H2,1-2H3. The molecule has 1 aliphatic rings. The first kappa shape index (κ1) is 13.6. The van der Waals surface area contributed by atoms with E-state index in [1.54, 1.807) is 4.68 Å². The number of halogens is 1. The van der Waals surface area contributed by atoms with Gasteiger partial charge in [0.1, 0.15) is 5.15 Å². The maximum absolute atomic E-state index is 6.19. The largest absolute Gasteiger partial charge is 0.311 e. The molecule has 1 aromatic heterocycles. The molecule has 2 rings (SSSR count). The van der Waals surface area contributed by atoms with E-state index in [9.17, 15) is 0 Å². The second-order valence-corrected chi connectivity index (χ2v) is 7.09. The summed E-state index contributed by atoms with van der Waals surface area (Å²) in [6.07, 6.45) is 0. The van der Waals surface area contributed by atoms with Gasteiger partial charge in [0, 0.05) is 48.2 Å². The van der Waals surface area contributed by atoms with E-state index in [0.29, 0.717) is 0 Å². The molecule has 2 heterocycles. The average molecular weight is 292 g/mol. The molecule has 0 spiro atoms. The molecule has 0 radical (unpaired) electrons. The zero-order valence-electron chi connectivity index (χ0n) is 10.2. The molecule has 0 bridgehead atoms. The van der Waals surface area contributed by atoms with Crippen LogP contribution in [0.25, 0.3) is 0 Å². The number of rotatable bonds is 4. The molecule has 0 amide bonds. The summed E-state index contributed by atoms with van der Waals surface area (Å²) >= 11 is 10.3. The number of hydrogen-bond donors (Lipinski definition) is 1. The zero-order valence-corrected chi connectivity index (χ0v) is 12.6. The van der Waals surface area contributed by atoms with Gasteiger partial charge >= 0.3 is 0 Å². The normalized spacial score (nSPS) is 20.8. The number of hydrogen-bond acceptors (Lipinski definition) is 4. The highest BCUT2D eigenvalue weighted by Crippen LogP contribution is 2.23. The van der Waals surface area contributed by atoms with Crippen LogP contribution in [-0.4, -0.2) is 38.8 Å². The third-order valence-electron chi connectivity index (χ3n) is 2.83. The zero-order chi connectivity index (χ0) is 12.3. The third kappa shape index (κ3) is 3.56. The van der Waals surface area contributed by atoms with Crippen molar-refractivity contribution in [3.8, 4) is 0 Å². The van der Waals surface area contributed by atoms with Crippen molar-refractivity contribution in [1.29, 1.82) is 0 Å². The summed E-state index contributed by atoms with van der Waals surface area (Å²) in [5.74, 6) is 3.84. The number of nitrogens with one attached hydrogen (secondary N) is 1. The highest BCUT2D eigenvalue weighted by molar-refractivity contribution is 8.06. The summed E-state index contributed by atoms with van der Waals surface area (Å²) in [5, 5.41) is 9.30. The van der Waals surface area contributed by atoms with Gasteiger partial charge in [-0.25, -0.2) is 0 Å². The van der Waals surface area contributed by atoms with Crippen LogP contribution in [0.1, 0.15) is 11.3 Å². The van der Waals surface area contributed by atoms with E-state index >= 15 is 0 Å². The minimum Gasteiger partial charge on any atom is -0.311 e. The molecule has 1 N–H and O–H groups in total. The molecule has 0 aliphatic carbocycles. The molecule has 17 heavy (non-hydrogen) atoms. The topological polar surface area (TPSA) is 29.9 Å². The second kappa shape index (κ2) is 6.36. The minimum absolute atomic E-state index is 0.740. The highest BCUT2D eigenvalue weighted by atomic mass is 35.5. The Kier molecular flexibility index (Phi) is 5.09. The summed E-state index contributed by atoms with van der Waals surface area (Å²) in [6, 6.07) is 0. The predicted octanol–water partition coefficient (Wildman–Crippen LogP) is 2.32. The molecule has 0 saturated carbocycles. The first-order valence-corrected chi connectivity index (χ1v) is 8.34. The fourth-order valence-corrected chi connectivity index (χ4v) is 4.77. The number of thioether (sulfide) groups is 2. The molecular formula is C11H18ClN3S2. The first-order valence-electron chi connectivity index (χ1n) is 5.76. The Morgan fingerprint density at radius 3 is 2.94 bits per heavy atom. The summed E-state index contributed by atoms with van der Waals surface area (Å²) < 4.78 is 1.74. The lowest BCUT2D eigenvalue weighted by Gasteiger charge is -2.21. The number of nitrogens with zero attached hydrogens (tertiary/aromatic N) is 2. The van der Waals surface area contributed by atoms with Crippen molar-refractivity contribution in [1.82, 2.24) is 15.1 Å². The van der Waals surface area contributed by atoms with Crippen LogP contribution in [0.2, 0.25) is 5.15 Å². The molecule has 1 unspecified atom stereocenters. The van der Waals surface area contributed by atoms with Crippen LogP contribution in [0.15, 0.2) is 0 Å². The minimum atomic E-state index is 0.740. The first-order chi connectivity index (χ1) is 8.18. The summed E-state index contributed by atoms with van der Waals surface area (Å²) in [5.41, 5.74) is 2.15. The van der Waals surface area contributed by atoms with E-state index in [1.807, 2.05) is 14.0 Å².